The lowest BCUT2D eigenvalue weighted by atomic mass is 10.1. The summed E-state index contributed by atoms with van der Waals surface area (Å²) in [4.78, 5) is 24.7. The van der Waals surface area contributed by atoms with E-state index in [4.69, 9.17) is 27.9 Å². The Morgan fingerprint density at radius 3 is 2.29 bits per heavy atom. The standard InChI is InChI=1S/C23H13Cl2IN2O3/c24-19-10-14(9-16(13-27)22(29)28-18-8-4-7-17(26)12-18)11-20(25)21(19)31-23(30)15-5-2-1-3-6-15/h1-12H,(H,28,29)/b16-9+. The van der Waals surface area contributed by atoms with Crippen LogP contribution in [-0.2, 0) is 4.79 Å². The molecular formula is C23H13Cl2IN2O3. The van der Waals surface area contributed by atoms with E-state index in [0.29, 0.717) is 16.8 Å². The topological polar surface area (TPSA) is 79.2 Å². The molecule has 3 rings (SSSR count). The molecule has 0 atom stereocenters. The highest BCUT2D eigenvalue weighted by molar-refractivity contribution is 14.1. The van der Waals surface area contributed by atoms with Gasteiger partial charge < -0.3 is 10.1 Å². The number of halogens is 3. The molecule has 0 bridgehead atoms. The van der Waals surface area contributed by atoms with E-state index in [1.807, 2.05) is 12.1 Å². The van der Waals surface area contributed by atoms with E-state index in [2.05, 4.69) is 27.9 Å². The van der Waals surface area contributed by atoms with Gasteiger partial charge in [0.2, 0.25) is 0 Å². The molecule has 0 aromatic heterocycles. The first-order valence-electron chi connectivity index (χ1n) is 8.82. The molecule has 3 aromatic carbocycles. The van der Waals surface area contributed by atoms with Crippen LogP contribution in [0.5, 0.6) is 5.75 Å². The van der Waals surface area contributed by atoms with Gasteiger partial charge in [-0.25, -0.2) is 4.79 Å². The van der Waals surface area contributed by atoms with E-state index < -0.39 is 11.9 Å². The lowest BCUT2D eigenvalue weighted by Gasteiger charge is -2.10. The molecular weight excluding hydrogens is 550 g/mol. The average Bonchev–Trinajstić information content (AvgIpc) is 2.75. The molecule has 0 spiro atoms. The van der Waals surface area contributed by atoms with Crippen molar-refractivity contribution in [1.29, 1.82) is 5.26 Å². The molecule has 1 N–H and O–H groups in total. The van der Waals surface area contributed by atoms with Gasteiger partial charge in [-0.2, -0.15) is 5.26 Å². The molecule has 0 fully saturated rings. The van der Waals surface area contributed by atoms with Gasteiger partial charge in [-0.1, -0.05) is 47.5 Å². The molecule has 154 valence electrons. The lowest BCUT2D eigenvalue weighted by molar-refractivity contribution is -0.112. The second-order valence-corrected chi connectivity index (χ2v) is 8.26. The van der Waals surface area contributed by atoms with Crippen molar-refractivity contribution >= 4 is 69.4 Å². The normalized spacial score (nSPS) is 10.8. The smallest absolute Gasteiger partial charge is 0.343 e. The number of hydrogen-bond acceptors (Lipinski definition) is 4. The van der Waals surface area contributed by atoms with Gasteiger partial charge in [-0.15, -0.1) is 0 Å². The van der Waals surface area contributed by atoms with Gasteiger partial charge in [-0.3, -0.25) is 4.79 Å². The number of anilines is 1. The molecule has 0 saturated heterocycles. The Hall–Kier alpha value is -2.86. The minimum atomic E-state index is -0.609. The van der Waals surface area contributed by atoms with E-state index in [-0.39, 0.29) is 21.4 Å². The number of ether oxygens (including phenoxy) is 1. The van der Waals surface area contributed by atoms with Crippen LogP contribution in [0.25, 0.3) is 6.08 Å². The van der Waals surface area contributed by atoms with Gasteiger partial charge in [0.25, 0.3) is 5.91 Å². The number of amides is 1. The van der Waals surface area contributed by atoms with E-state index in [1.54, 1.807) is 48.5 Å². The maximum absolute atomic E-state index is 12.5. The summed E-state index contributed by atoms with van der Waals surface area (Å²) in [6, 6.07) is 20.3. The largest absolute Gasteiger partial charge is 0.420 e. The van der Waals surface area contributed by atoms with Crippen molar-refractivity contribution in [2.45, 2.75) is 0 Å². The van der Waals surface area contributed by atoms with Crippen LogP contribution in [0.3, 0.4) is 0 Å². The first-order chi connectivity index (χ1) is 14.9. The second-order valence-electron chi connectivity index (χ2n) is 6.20. The van der Waals surface area contributed by atoms with Crippen LogP contribution >= 0.6 is 45.8 Å². The summed E-state index contributed by atoms with van der Waals surface area (Å²) < 4.78 is 6.26. The molecule has 0 aliphatic rings. The number of rotatable bonds is 5. The molecule has 1 amide bonds. The van der Waals surface area contributed by atoms with Crippen molar-refractivity contribution in [3.05, 3.63) is 97.0 Å². The zero-order chi connectivity index (χ0) is 22.4. The van der Waals surface area contributed by atoms with E-state index >= 15 is 0 Å². The number of carbonyl (C=O) groups is 2. The lowest BCUT2D eigenvalue weighted by Crippen LogP contribution is -2.13. The van der Waals surface area contributed by atoms with Crippen LogP contribution in [0.4, 0.5) is 5.69 Å². The fourth-order valence-electron chi connectivity index (χ4n) is 2.57. The Labute approximate surface area is 202 Å². The fraction of sp³-hybridized carbons (Fsp3) is 0. The molecule has 5 nitrogen and oxygen atoms in total. The third-order valence-electron chi connectivity index (χ3n) is 3.98. The van der Waals surface area contributed by atoms with Crippen molar-refractivity contribution in [1.82, 2.24) is 0 Å². The van der Waals surface area contributed by atoms with Gasteiger partial charge in [-0.05, 0) is 76.7 Å². The van der Waals surface area contributed by atoms with E-state index in [1.165, 1.54) is 18.2 Å². The summed E-state index contributed by atoms with van der Waals surface area (Å²) in [6.07, 6.45) is 1.35. The van der Waals surface area contributed by atoms with Crippen molar-refractivity contribution in [2.75, 3.05) is 5.32 Å². The number of nitriles is 1. The number of benzene rings is 3. The highest BCUT2D eigenvalue weighted by Crippen LogP contribution is 2.35. The van der Waals surface area contributed by atoms with Crippen molar-refractivity contribution in [2.24, 2.45) is 0 Å². The molecule has 3 aromatic rings. The van der Waals surface area contributed by atoms with Crippen molar-refractivity contribution in [3.63, 3.8) is 0 Å². The van der Waals surface area contributed by atoms with Crippen molar-refractivity contribution < 1.29 is 14.3 Å². The maximum atomic E-state index is 12.5. The third kappa shape index (κ3) is 6.07. The zero-order valence-electron chi connectivity index (χ0n) is 15.7. The molecule has 0 aliphatic heterocycles. The predicted octanol–water partition coefficient (Wildman–Crippen LogP) is 6.36. The van der Waals surface area contributed by atoms with Crippen LogP contribution in [0, 0.1) is 14.9 Å². The molecule has 0 radical (unpaired) electrons. The van der Waals surface area contributed by atoms with Crippen LogP contribution in [-0.4, -0.2) is 11.9 Å². The summed E-state index contributed by atoms with van der Waals surface area (Å²) in [5, 5.41) is 12.2. The number of esters is 1. The number of carbonyl (C=O) groups excluding carboxylic acids is 2. The summed E-state index contributed by atoms with van der Waals surface area (Å²) in [7, 11) is 0. The highest BCUT2D eigenvalue weighted by atomic mass is 127. The minimum Gasteiger partial charge on any atom is -0.420 e. The first-order valence-corrected chi connectivity index (χ1v) is 10.7. The van der Waals surface area contributed by atoms with Crippen LogP contribution < -0.4 is 10.1 Å². The van der Waals surface area contributed by atoms with Gasteiger partial charge in [0.15, 0.2) is 5.75 Å². The van der Waals surface area contributed by atoms with Crippen LogP contribution in [0.2, 0.25) is 10.0 Å². The Morgan fingerprint density at radius 2 is 1.68 bits per heavy atom. The summed E-state index contributed by atoms with van der Waals surface area (Å²) in [6.45, 7) is 0. The quantitative estimate of drug-likeness (QED) is 0.129. The molecule has 0 unspecified atom stereocenters. The van der Waals surface area contributed by atoms with Crippen LogP contribution in [0.15, 0.2) is 72.3 Å². The number of nitrogens with zero attached hydrogens (tertiary/aromatic N) is 1. The average molecular weight is 563 g/mol. The molecule has 8 heteroatoms. The molecule has 0 heterocycles. The van der Waals surface area contributed by atoms with Gasteiger partial charge in [0, 0.05) is 9.26 Å². The van der Waals surface area contributed by atoms with Gasteiger partial charge in [0.1, 0.15) is 11.6 Å². The number of nitrogens with one attached hydrogen (secondary N) is 1. The fourth-order valence-corrected chi connectivity index (χ4v) is 3.69. The summed E-state index contributed by atoms with van der Waals surface area (Å²) in [5.41, 5.74) is 1.18. The molecule has 31 heavy (non-hydrogen) atoms. The monoisotopic (exact) mass is 562 g/mol. The Kier molecular flexibility index (Phi) is 7.69. The Morgan fingerprint density at radius 1 is 1.00 bits per heavy atom. The predicted molar refractivity (Wildman–Crippen MR) is 129 cm³/mol. The molecule has 0 aliphatic carbocycles. The summed E-state index contributed by atoms with van der Waals surface area (Å²) >= 11 is 14.6. The van der Waals surface area contributed by atoms with E-state index in [9.17, 15) is 14.9 Å². The Bertz CT molecular complexity index is 1200. The first kappa shape index (κ1) is 22.8. The van der Waals surface area contributed by atoms with Gasteiger partial charge >= 0.3 is 5.97 Å². The maximum Gasteiger partial charge on any atom is 0.343 e. The van der Waals surface area contributed by atoms with Gasteiger partial charge in [0.05, 0.1) is 15.6 Å². The second kappa shape index (κ2) is 10.4. The van der Waals surface area contributed by atoms with Crippen molar-refractivity contribution in [3.8, 4) is 11.8 Å². The highest BCUT2D eigenvalue weighted by Gasteiger charge is 2.16. The van der Waals surface area contributed by atoms with E-state index in [0.717, 1.165) is 3.57 Å². The third-order valence-corrected chi connectivity index (χ3v) is 5.22. The zero-order valence-corrected chi connectivity index (χ0v) is 19.4. The van der Waals surface area contributed by atoms with Crippen LogP contribution in [0.1, 0.15) is 15.9 Å². The molecule has 0 saturated carbocycles. The minimum absolute atomic E-state index is 0.00356. The Balaban J connectivity index is 1.82. The SMILES string of the molecule is N#C/C(=C\c1cc(Cl)c(OC(=O)c2ccccc2)c(Cl)c1)C(=O)Nc1cccc(I)c1. The summed E-state index contributed by atoms with van der Waals surface area (Å²) in [5.74, 6) is -1.19. The number of hydrogen-bond donors (Lipinski definition) is 1.